The van der Waals surface area contributed by atoms with Gasteiger partial charge >= 0.3 is 0 Å². The summed E-state index contributed by atoms with van der Waals surface area (Å²) >= 11 is 0. The minimum atomic E-state index is -1.21. The third-order valence-corrected chi connectivity index (χ3v) is 2.07. The molecule has 1 aromatic carbocycles. The maximum Gasteiger partial charge on any atom is 0.257 e. The molecule has 1 aromatic rings. The maximum absolute atomic E-state index is 13.2. The molecule has 0 heterocycles. The summed E-state index contributed by atoms with van der Waals surface area (Å²) < 4.78 is 39.0. The van der Waals surface area contributed by atoms with Gasteiger partial charge in [0.05, 0.1) is 0 Å². The SMILES string of the molecule is CCNCCNC(=O)c1c(F)cc(F)cc1F. The van der Waals surface area contributed by atoms with E-state index in [9.17, 15) is 18.0 Å². The van der Waals surface area contributed by atoms with Crippen molar-refractivity contribution >= 4 is 5.91 Å². The molecule has 1 amide bonds. The Balaban J connectivity index is 2.69. The second kappa shape index (κ2) is 6.24. The van der Waals surface area contributed by atoms with Crippen molar-refractivity contribution in [2.75, 3.05) is 19.6 Å². The summed E-state index contributed by atoms with van der Waals surface area (Å²) in [6.45, 7) is 3.35. The summed E-state index contributed by atoms with van der Waals surface area (Å²) in [5.74, 6) is -4.35. The zero-order chi connectivity index (χ0) is 12.8. The van der Waals surface area contributed by atoms with E-state index in [-0.39, 0.29) is 6.54 Å². The van der Waals surface area contributed by atoms with Crippen LogP contribution in [0.4, 0.5) is 13.2 Å². The second-order valence-electron chi connectivity index (χ2n) is 3.35. The highest BCUT2D eigenvalue weighted by atomic mass is 19.1. The van der Waals surface area contributed by atoms with Crippen LogP contribution in [0.2, 0.25) is 0 Å². The summed E-state index contributed by atoms with van der Waals surface area (Å²) in [5, 5.41) is 5.26. The molecule has 3 nitrogen and oxygen atoms in total. The van der Waals surface area contributed by atoms with Crippen LogP contribution >= 0.6 is 0 Å². The Bertz CT molecular complexity index is 387. The van der Waals surface area contributed by atoms with Crippen molar-refractivity contribution in [1.29, 1.82) is 0 Å². The van der Waals surface area contributed by atoms with E-state index in [1.807, 2.05) is 6.92 Å². The monoisotopic (exact) mass is 246 g/mol. The lowest BCUT2D eigenvalue weighted by Crippen LogP contribution is -2.32. The molecule has 2 N–H and O–H groups in total. The number of nitrogens with one attached hydrogen (secondary N) is 2. The number of carbonyl (C=O) groups is 1. The summed E-state index contributed by atoms with van der Waals surface area (Å²) in [4.78, 5) is 11.4. The van der Waals surface area contributed by atoms with Crippen LogP contribution < -0.4 is 10.6 Å². The van der Waals surface area contributed by atoms with E-state index in [0.717, 1.165) is 6.54 Å². The van der Waals surface area contributed by atoms with E-state index in [1.165, 1.54) is 0 Å². The van der Waals surface area contributed by atoms with Gasteiger partial charge in [0, 0.05) is 25.2 Å². The summed E-state index contributed by atoms with van der Waals surface area (Å²) in [7, 11) is 0. The molecule has 6 heteroatoms. The van der Waals surface area contributed by atoms with Gasteiger partial charge in [0.1, 0.15) is 23.0 Å². The van der Waals surface area contributed by atoms with Gasteiger partial charge in [-0.1, -0.05) is 6.92 Å². The molecule has 0 atom stereocenters. The number of halogens is 3. The Labute approximate surface area is 97.0 Å². The van der Waals surface area contributed by atoms with E-state index in [4.69, 9.17) is 0 Å². The lowest BCUT2D eigenvalue weighted by molar-refractivity contribution is 0.0945. The number of hydrogen-bond donors (Lipinski definition) is 2. The predicted molar refractivity (Wildman–Crippen MR) is 57.2 cm³/mol. The Hall–Kier alpha value is -1.56. The van der Waals surface area contributed by atoms with Gasteiger partial charge in [-0.05, 0) is 6.54 Å². The molecule has 0 aliphatic rings. The van der Waals surface area contributed by atoms with Crippen molar-refractivity contribution < 1.29 is 18.0 Å². The smallest absolute Gasteiger partial charge is 0.257 e. The minimum Gasteiger partial charge on any atom is -0.351 e. The van der Waals surface area contributed by atoms with Gasteiger partial charge in [-0.25, -0.2) is 13.2 Å². The van der Waals surface area contributed by atoms with Gasteiger partial charge < -0.3 is 10.6 Å². The Morgan fingerprint density at radius 2 is 1.76 bits per heavy atom. The van der Waals surface area contributed by atoms with Crippen molar-refractivity contribution in [2.45, 2.75) is 6.92 Å². The number of rotatable bonds is 5. The van der Waals surface area contributed by atoms with Gasteiger partial charge in [-0.3, -0.25) is 4.79 Å². The fourth-order valence-electron chi connectivity index (χ4n) is 1.29. The van der Waals surface area contributed by atoms with Crippen LogP contribution in [0.5, 0.6) is 0 Å². The van der Waals surface area contributed by atoms with Crippen LogP contribution in [0, 0.1) is 17.5 Å². The van der Waals surface area contributed by atoms with Crippen molar-refractivity contribution in [3.63, 3.8) is 0 Å². The van der Waals surface area contributed by atoms with Crippen molar-refractivity contribution in [3.05, 3.63) is 35.1 Å². The zero-order valence-electron chi connectivity index (χ0n) is 9.32. The first-order valence-corrected chi connectivity index (χ1v) is 5.19. The molecule has 0 saturated heterocycles. The minimum absolute atomic E-state index is 0.239. The first-order valence-electron chi connectivity index (χ1n) is 5.19. The quantitative estimate of drug-likeness (QED) is 0.772. The molecular weight excluding hydrogens is 233 g/mol. The normalized spacial score (nSPS) is 10.4. The third kappa shape index (κ3) is 3.74. The van der Waals surface area contributed by atoms with Crippen molar-refractivity contribution in [3.8, 4) is 0 Å². The average Bonchev–Trinajstić information content (AvgIpc) is 2.23. The third-order valence-electron chi connectivity index (χ3n) is 2.07. The molecule has 94 valence electrons. The highest BCUT2D eigenvalue weighted by molar-refractivity contribution is 5.94. The lowest BCUT2D eigenvalue weighted by atomic mass is 10.2. The summed E-state index contributed by atoms with van der Waals surface area (Å²) in [5.41, 5.74) is -0.761. The Kier molecular flexibility index (Phi) is 4.96. The Morgan fingerprint density at radius 1 is 1.18 bits per heavy atom. The largest absolute Gasteiger partial charge is 0.351 e. The molecule has 0 fully saturated rings. The van der Waals surface area contributed by atoms with Gasteiger partial charge in [0.2, 0.25) is 0 Å². The molecule has 0 saturated carbocycles. The summed E-state index contributed by atoms with van der Waals surface area (Å²) in [6.07, 6.45) is 0. The average molecular weight is 246 g/mol. The van der Waals surface area contributed by atoms with E-state index in [2.05, 4.69) is 10.6 Å². The van der Waals surface area contributed by atoms with Gasteiger partial charge in [-0.15, -0.1) is 0 Å². The fraction of sp³-hybridized carbons (Fsp3) is 0.364. The second-order valence-corrected chi connectivity index (χ2v) is 3.35. The molecule has 0 aliphatic carbocycles. The van der Waals surface area contributed by atoms with Gasteiger partial charge in [0.25, 0.3) is 5.91 Å². The molecule has 0 radical (unpaired) electrons. The van der Waals surface area contributed by atoms with Crippen LogP contribution in [0.1, 0.15) is 17.3 Å². The maximum atomic E-state index is 13.2. The fourth-order valence-corrected chi connectivity index (χ4v) is 1.29. The predicted octanol–water partition coefficient (Wildman–Crippen LogP) is 1.44. The van der Waals surface area contributed by atoms with E-state index in [0.29, 0.717) is 18.7 Å². The van der Waals surface area contributed by atoms with Crippen molar-refractivity contribution in [2.24, 2.45) is 0 Å². The first-order chi connectivity index (χ1) is 8.06. The summed E-state index contributed by atoms with van der Waals surface area (Å²) in [6, 6.07) is 0.949. The Morgan fingerprint density at radius 3 is 2.29 bits per heavy atom. The van der Waals surface area contributed by atoms with Gasteiger partial charge in [0.15, 0.2) is 0 Å². The molecule has 0 bridgehead atoms. The van der Waals surface area contributed by atoms with E-state index >= 15 is 0 Å². The molecule has 17 heavy (non-hydrogen) atoms. The molecule has 1 rings (SSSR count). The van der Waals surface area contributed by atoms with Crippen LogP contribution in [0.25, 0.3) is 0 Å². The molecular formula is C11H13F3N2O. The van der Waals surface area contributed by atoms with Gasteiger partial charge in [-0.2, -0.15) is 0 Å². The van der Waals surface area contributed by atoms with Crippen LogP contribution in [-0.4, -0.2) is 25.5 Å². The van der Waals surface area contributed by atoms with E-state index in [1.54, 1.807) is 0 Å². The highest BCUT2D eigenvalue weighted by Gasteiger charge is 2.18. The van der Waals surface area contributed by atoms with Crippen LogP contribution in [0.3, 0.4) is 0 Å². The molecule has 0 aliphatic heterocycles. The first kappa shape index (κ1) is 13.5. The molecule has 0 unspecified atom stereocenters. The molecule has 0 aromatic heterocycles. The van der Waals surface area contributed by atoms with Crippen LogP contribution in [-0.2, 0) is 0 Å². The number of likely N-dealkylation sites (N-methyl/N-ethyl adjacent to an activating group) is 1. The number of benzene rings is 1. The van der Waals surface area contributed by atoms with E-state index < -0.39 is 28.9 Å². The highest BCUT2D eigenvalue weighted by Crippen LogP contribution is 2.14. The van der Waals surface area contributed by atoms with Crippen LogP contribution in [0.15, 0.2) is 12.1 Å². The number of amides is 1. The number of hydrogen-bond acceptors (Lipinski definition) is 2. The zero-order valence-corrected chi connectivity index (χ0v) is 9.32. The van der Waals surface area contributed by atoms with Crippen molar-refractivity contribution in [1.82, 2.24) is 10.6 Å². The standard InChI is InChI=1S/C11H13F3N2O/c1-2-15-3-4-16-11(17)10-8(13)5-7(12)6-9(10)14/h5-6,15H,2-4H2,1H3,(H,16,17). The number of carbonyl (C=O) groups excluding carboxylic acids is 1. The lowest BCUT2D eigenvalue weighted by Gasteiger charge is -2.07. The molecule has 0 spiro atoms. The topological polar surface area (TPSA) is 41.1 Å².